The highest BCUT2D eigenvalue weighted by Crippen LogP contribution is 2.34. The van der Waals surface area contributed by atoms with Gasteiger partial charge in [-0.1, -0.05) is 0 Å². The third kappa shape index (κ3) is 5.25. The molecule has 4 rings (SSSR count). The van der Waals surface area contributed by atoms with Crippen molar-refractivity contribution >= 4 is 46.3 Å². The van der Waals surface area contributed by atoms with Crippen LogP contribution in [-0.4, -0.2) is 48.2 Å². The molecule has 0 spiro atoms. The normalized spacial score (nSPS) is 17.1. The van der Waals surface area contributed by atoms with Crippen molar-refractivity contribution in [1.82, 2.24) is 4.90 Å². The van der Waals surface area contributed by atoms with Crippen LogP contribution in [0.1, 0.15) is 30.9 Å². The summed E-state index contributed by atoms with van der Waals surface area (Å²) in [7, 11) is 0. The van der Waals surface area contributed by atoms with Crippen LogP contribution in [0.25, 0.3) is 6.08 Å². The van der Waals surface area contributed by atoms with Gasteiger partial charge in [0, 0.05) is 18.8 Å². The monoisotopic (exact) mass is 483 g/mol. The minimum atomic E-state index is -0.569. The molecule has 2 saturated heterocycles. The fourth-order valence-corrected chi connectivity index (χ4v) is 4.79. The first kappa shape index (κ1) is 23.8. The number of hydrogen-bond donors (Lipinski definition) is 1. The van der Waals surface area contributed by atoms with Crippen LogP contribution in [0, 0.1) is 12.7 Å². The Balaban J connectivity index is 1.44. The van der Waals surface area contributed by atoms with Gasteiger partial charge >= 0.3 is 0 Å². The number of nitrogens with one attached hydrogen (secondary N) is 1. The molecule has 1 N–H and O–H groups in total. The smallest absolute Gasteiger partial charge is 0.294 e. The van der Waals surface area contributed by atoms with Crippen molar-refractivity contribution in [3.05, 3.63) is 58.2 Å². The van der Waals surface area contributed by atoms with E-state index in [4.69, 9.17) is 4.74 Å². The molecule has 9 heteroatoms. The SMILES string of the molecule is CCOc1ccc(NC(=O)CN2C(=O)SC(=Cc3cc(F)c(N4CCCC4)cc3C)C2=O)cc1. The molecule has 2 fully saturated rings. The first-order valence-electron chi connectivity index (χ1n) is 11.2. The molecule has 2 aromatic rings. The topological polar surface area (TPSA) is 79.0 Å². The van der Waals surface area contributed by atoms with Crippen molar-refractivity contribution in [2.75, 3.05) is 36.5 Å². The number of amides is 3. The van der Waals surface area contributed by atoms with E-state index in [2.05, 4.69) is 5.32 Å². The number of halogens is 1. The summed E-state index contributed by atoms with van der Waals surface area (Å²) in [6.45, 7) is 5.51. The second-order valence-corrected chi connectivity index (χ2v) is 9.12. The van der Waals surface area contributed by atoms with E-state index in [9.17, 15) is 18.8 Å². The van der Waals surface area contributed by atoms with Gasteiger partial charge in [-0.2, -0.15) is 0 Å². The lowest BCUT2D eigenvalue weighted by Crippen LogP contribution is -2.36. The van der Waals surface area contributed by atoms with E-state index < -0.39 is 23.6 Å². The molecule has 0 radical (unpaired) electrons. The Bertz CT molecular complexity index is 1140. The summed E-state index contributed by atoms with van der Waals surface area (Å²) in [6, 6.07) is 9.98. The van der Waals surface area contributed by atoms with Crippen molar-refractivity contribution in [1.29, 1.82) is 0 Å². The van der Waals surface area contributed by atoms with E-state index in [-0.39, 0.29) is 10.7 Å². The number of thioether (sulfide) groups is 1. The number of hydrogen-bond acceptors (Lipinski definition) is 6. The van der Waals surface area contributed by atoms with Crippen molar-refractivity contribution in [3.63, 3.8) is 0 Å². The van der Waals surface area contributed by atoms with E-state index in [1.807, 2.05) is 18.7 Å². The molecule has 2 heterocycles. The number of imide groups is 1. The van der Waals surface area contributed by atoms with Gasteiger partial charge in [-0.15, -0.1) is 0 Å². The lowest BCUT2D eigenvalue weighted by atomic mass is 10.1. The minimum Gasteiger partial charge on any atom is -0.494 e. The Hall–Kier alpha value is -3.33. The summed E-state index contributed by atoms with van der Waals surface area (Å²) in [5.74, 6) is -0.741. The van der Waals surface area contributed by atoms with Gasteiger partial charge < -0.3 is 15.0 Å². The summed E-state index contributed by atoms with van der Waals surface area (Å²) in [4.78, 5) is 40.7. The number of carbonyl (C=O) groups is 3. The second kappa shape index (κ2) is 10.3. The summed E-state index contributed by atoms with van der Waals surface area (Å²) >= 11 is 0.746. The molecule has 34 heavy (non-hydrogen) atoms. The predicted octanol–water partition coefficient (Wildman–Crippen LogP) is 4.81. The summed E-state index contributed by atoms with van der Waals surface area (Å²) in [6.07, 6.45) is 3.60. The van der Waals surface area contributed by atoms with Crippen LogP contribution in [0.15, 0.2) is 41.3 Å². The molecule has 2 aliphatic heterocycles. The van der Waals surface area contributed by atoms with Gasteiger partial charge in [0.2, 0.25) is 5.91 Å². The predicted molar refractivity (Wildman–Crippen MR) is 132 cm³/mol. The number of rotatable bonds is 7. The summed E-state index contributed by atoms with van der Waals surface area (Å²) in [5, 5.41) is 2.13. The molecule has 3 amide bonds. The Morgan fingerprint density at radius 3 is 2.56 bits per heavy atom. The maximum atomic E-state index is 14.8. The number of benzene rings is 2. The minimum absolute atomic E-state index is 0.162. The largest absolute Gasteiger partial charge is 0.494 e. The number of nitrogens with zero attached hydrogens (tertiary/aromatic N) is 2. The van der Waals surface area contributed by atoms with Gasteiger partial charge in [0.25, 0.3) is 11.1 Å². The molecular weight excluding hydrogens is 457 g/mol. The molecule has 0 unspecified atom stereocenters. The first-order chi connectivity index (χ1) is 16.4. The quantitative estimate of drug-likeness (QED) is 0.570. The molecule has 0 atom stereocenters. The fraction of sp³-hybridized carbons (Fsp3) is 0.320. The van der Waals surface area contributed by atoms with Crippen molar-refractivity contribution in [2.45, 2.75) is 26.7 Å². The zero-order chi connectivity index (χ0) is 24.2. The summed E-state index contributed by atoms with van der Waals surface area (Å²) in [5.41, 5.74) is 2.43. The number of aryl methyl sites for hydroxylation is 1. The molecule has 2 aliphatic rings. The molecule has 178 valence electrons. The number of anilines is 2. The van der Waals surface area contributed by atoms with Crippen molar-refractivity contribution < 1.29 is 23.5 Å². The van der Waals surface area contributed by atoms with Gasteiger partial charge in [-0.05, 0) is 92.1 Å². The average Bonchev–Trinajstić information content (AvgIpc) is 3.42. The zero-order valence-corrected chi connectivity index (χ0v) is 19.9. The third-order valence-electron chi connectivity index (χ3n) is 5.69. The molecule has 0 aromatic heterocycles. The lowest BCUT2D eigenvalue weighted by molar-refractivity contribution is -0.127. The van der Waals surface area contributed by atoms with E-state index >= 15 is 0 Å². The van der Waals surface area contributed by atoms with E-state index in [0.29, 0.717) is 29.3 Å². The van der Waals surface area contributed by atoms with Gasteiger partial charge in [-0.25, -0.2) is 4.39 Å². The standard InChI is InChI=1S/C25H26FN3O4S/c1-3-33-19-8-6-18(7-9-19)27-23(30)15-29-24(31)22(34-25(29)32)14-17-13-20(26)21(12-16(17)2)28-10-4-5-11-28/h6-9,12-14H,3-5,10-11,15H2,1-2H3,(H,27,30). The molecule has 0 bridgehead atoms. The average molecular weight is 484 g/mol. The second-order valence-electron chi connectivity index (χ2n) is 8.13. The van der Waals surface area contributed by atoms with Gasteiger partial charge in [0.15, 0.2) is 0 Å². The molecule has 7 nitrogen and oxygen atoms in total. The van der Waals surface area contributed by atoms with Crippen molar-refractivity contribution in [2.24, 2.45) is 0 Å². The van der Waals surface area contributed by atoms with Gasteiger partial charge in [0.05, 0.1) is 17.2 Å². The van der Waals surface area contributed by atoms with Crippen LogP contribution in [0.4, 0.5) is 20.6 Å². The van der Waals surface area contributed by atoms with E-state index in [1.54, 1.807) is 30.3 Å². The highest BCUT2D eigenvalue weighted by atomic mass is 32.2. The zero-order valence-electron chi connectivity index (χ0n) is 19.1. The van der Waals surface area contributed by atoms with Gasteiger partial charge in [0.1, 0.15) is 18.1 Å². The first-order valence-corrected chi connectivity index (χ1v) is 12.0. The van der Waals surface area contributed by atoms with Crippen LogP contribution >= 0.6 is 11.8 Å². The van der Waals surface area contributed by atoms with Crippen molar-refractivity contribution in [3.8, 4) is 5.75 Å². The highest BCUT2D eigenvalue weighted by Gasteiger charge is 2.36. The molecule has 2 aromatic carbocycles. The van der Waals surface area contributed by atoms with Crippen LogP contribution in [0.5, 0.6) is 5.75 Å². The Labute approximate surface area is 201 Å². The molecular formula is C25H26FN3O4S. The summed E-state index contributed by atoms with van der Waals surface area (Å²) < 4.78 is 20.1. The Kier molecular flexibility index (Phi) is 7.21. The van der Waals surface area contributed by atoms with Crippen LogP contribution in [0.2, 0.25) is 0 Å². The molecule has 0 aliphatic carbocycles. The lowest BCUT2D eigenvalue weighted by Gasteiger charge is -2.19. The Morgan fingerprint density at radius 1 is 1.18 bits per heavy atom. The van der Waals surface area contributed by atoms with Crippen LogP contribution in [-0.2, 0) is 9.59 Å². The maximum absolute atomic E-state index is 14.8. The highest BCUT2D eigenvalue weighted by molar-refractivity contribution is 8.18. The molecule has 0 saturated carbocycles. The van der Waals surface area contributed by atoms with Crippen LogP contribution < -0.4 is 15.0 Å². The fourth-order valence-electron chi connectivity index (χ4n) is 3.96. The van der Waals surface area contributed by atoms with Gasteiger partial charge in [-0.3, -0.25) is 19.3 Å². The maximum Gasteiger partial charge on any atom is 0.294 e. The van der Waals surface area contributed by atoms with Crippen LogP contribution in [0.3, 0.4) is 0 Å². The van der Waals surface area contributed by atoms with E-state index in [1.165, 1.54) is 12.1 Å². The number of carbonyl (C=O) groups excluding carboxylic acids is 3. The Morgan fingerprint density at radius 2 is 1.88 bits per heavy atom. The van der Waals surface area contributed by atoms with E-state index in [0.717, 1.165) is 48.2 Å². The number of ether oxygens (including phenoxy) is 1. The third-order valence-corrected chi connectivity index (χ3v) is 6.60.